The molecular formula is C14H14ClNO2. The maximum absolute atomic E-state index is 11.1. The van der Waals surface area contributed by atoms with E-state index in [1.807, 2.05) is 0 Å². The fourth-order valence-electron chi connectivity index (χ4n) is 1.85. The van der Waals surface area contributed by atoms with Crippen LogP contribution in [0.3, 0.4) is 0 Å². The summed E-state index contributed by atoms with van der Waals surface area (Å²) < 4.78 is 0. The van der Waals surface area contributed by atoms with Crippen molar-refractivity contribution in [3.8, 4) is 0 Å². The Morgan fingerprint density at radius 3 is 2.89 bits per heavy atom. The first kappa shape index (κ1) is 12.7. The topological polar surface area (TPSA) is 49.3 Å². The van der Waals surface area contributed by atoms with Crippen molar-refractivity contribution in [3.63, 3.8) is 0 Å². The van der Waals surface area contributed by atoms with Crippen LogP contribution < -0.4 is 5.32 Å². The molecule has 0 heterocycles. The summed E-state index contributed by atoms with van der Waals surface area (Å²) in [6.45, 7) is 0.608. The van der Waals surface area contributed by atoms with Gasteiger partial charge in [0.05, 0.1) is 11.3 Å². The van der Waals surface area contributed by atoms with Crippen molar-refractivity contribution in [1.29, 1.82) is 0 Å². The molecule has 0 saturated carbocycles. The second-order valence-electron chi connectivity index (χ2n) is 4.11. The Morgan fingerprint density at radius 2 is 2.22 bits per heavy atom. The lowest BCUT2D eigenvalue weighted by Gasteiger charge is -2.12. The van der Waals surface area contributed by atoms with Crippen molar-refractivity contribution in [2.24, 2.45) is 0 Å². The number of nitrogens with one attached hydrogen (secondary N) is 1. The summed E-state index contributed by atoms with van der Waals surface area (Å²) in [6, 6.07) is 4.73. The van der Waals surface area contributed by atoms with Crippen LogP contribution in [0.25, 0.3) is 0 Å². The molecule has 1 aromatic carbocycles. The lowest BCUT2D eigenvalue weighted by atomic mass is 10.1. The zero-order valence-electron chi connectivity index (χ0n) is 9.82. The number of allylic oxidation sites excluding steroid dienone is 2. The van der Waals surface area contributed by atoms with Gasteiger partial charge in [-0.2, -0.15) is 0 Å². The molecule has 0 amide bonds. The molecule has 4 heteroatoms. The summed E-state index contributed by atoms with van der Waals surface area (Å²) in [4.78, 5) is 11.1. The number of carbonyl (C=O) groups is 1. The standard InChI is InChI=1S/C14H14ClNO2/c15-11-6-7-12(14(17)18)13(8-11)16-9-10-4-2-1-3-5-10/h2,4-8,16H,1,3,9H2,(H,17,18). The number of halogens is 1. The highest BCUT2D eigenvalue weighted by molar-refractivity contribution is 6.31. The monoisotopic (exact) mass is 263 g/mol. The van der Waals surface area contributed by atoms with Crippen LogP contribution in [0.15, 0.2) is 42.0 Å². The number of hydrogen-bond acceptors (Lipinski definition) is 2. The highest BCUT2D eigenvalue weighted by Gasteiger charge is 2.10. The van der Waals surface area contributed by atoms with Gasteiger partial charge in [-0.3, -0.25) is 0 Å². The molecule has 1 aliphatic rings. The van der Waals surface area contributed by atoms with Gasteiger partial charge in [0.25, 0.3) is 0 Å². The van der Waals surface area contributed by atoms with E-state index in [-0.39, 0.29) is 5.56 Å². The van der Waals surface area contributed by atoms with Crippen molar-refractivity contribution in [2.45, 2.75) is 12.8 Å². The lowest BCUT2D eigenvalue weighted by molar-refractivity contribution is 0.0698. The molecule has 0 aromatic heterocycles. The van der Waals surface area contributed by atoms with Crippen LogP contribution in [0.5, 0.6) is 0 Å². The van der Waals surface area contributed by atoms with Gasteiger partial charge in [0.1, 0.15) is 0 Å². The second-order valence-corrected chi connectivity index (χ2v) is 4.54. The quantitative estimate of drug-likeness (QED) is 0.870. The predicted octanol–water partition coefficient (Wildman–Crippen LogP) is 3.73. The summed E-state index contributed by atoms with van der Waals surface area (Å²) >= 11 is 5.88. The lowest BCUT2D eigenvalue weighted by Crippen LogP contribution is -2.09. The van der Waals surface area contributed by atoms with Crippen LogP contribution in [0, 0.1) is 0 Å². The summed E-state index contributed by atoms with van der Waals surface area (Å²) in [5.74, 6) is -0.956. The third-order valence-electron chi connectivity index (χ3n) is 2.77. The minimum atomic E-state index is -0.956. The Bertz CT molecular complexity index is 521. The molecule has 0 saturated heterocycles. The molecule has 0 bridgehead atoms. The van der Waals surface area contributed by atoms with Crippen molar-refractivity contribution < 1.29 is 9.90 Å². The van der Waals surface area contributed by atoms with Gasteiger partial charge in [-0.25, -0.2) is 4.79 Å². The van der Waals surface area contributed by atoms with E-state index in [1.54, 1.807) is 12.1 Å². The van der Waals surface area contributed by atoms with E-state index in [9.17, 15) is 4.79 Å². The smallest absolute Gasteiger partial charge is 0.337 e. The molecule has 0 radical (unpaired) electrons. The maximum Gasteiger partial charge on any atom is 0.337 e. The number of carboxylic acids is 1. The fourth-order valence-corrected chi connectivity index (χ4v) is 2.02. The van der Waals surface area contributed by atoms with E-state index in [1.165, 1.54) is 6.07 Å². The van der Waals surface area contributed by atoms with Crippen molar-refractivity contribution >= 4 is 23.3 Å². The Hall–Kier alpha value is -1.74. The summed E-state index contributed by atoms with van der Waals surface area (Å²) in [5, 5.41) is 12.7. The molecule has 0 fully saturated rings. The van der Waals surface area contributed by atoms with Gasteiger partial charge in [0.2, 0.25) is 0 Å². The Morgan fingerprint density at radius 1 is 1.39 bits per heavy atom. The molecule has 2 N–H and O–H groups in total. The molecule has 0 spiro atoms. The van der Waals surface area contributed by atoms with Crippen LogP contribution in [-0.4, -0.2) is 17.6 Å². The van der Waals surface area contributed by atoms with E-state index in [0.717, 1.165) is 18.4 Å². The molecular weight excluding hydrogens is 250 g/mol. The number of benzene rings is 1. The van der Waals surface area contributed by atoms with E-state index < -0.39 is 5.97 Å². The SMILES string of the molecule is O=C(O)c1ccc(Cl)cc1NCC1=CCCC=C1. The Balaban J connectivity index is 2.12. The molecule has 0 atom stereocenters. The van der Waals surface area contributed by atoms with Gasteiger partial charge >= 0.3 is 5.97 Å². The van der Waals surface area contributed by atoms with Gasteiger partial charge in [-0.15, -0.1) is 0 Å². The fraction of sp³-hybridized carbons (Fsp3) is 0.214. The zero-order valence-corrected chi connectivity index (χ0v) is 10.6. The average Bonchev–Trinajstić information content (AvgIpc) is 2.37. The molecule has 1 aliphatic carbocycles. The molecule has 0 aliphatic heterocycles. The van der Waals surface area contributed by atoms with E-state index in [2.05, 4.69) is 23.5 Å². The highest BCUT2D eigenvalue weighted by Crippen LogP contribution is 2.22. The molecule has 94 valence electrons. The molecule has 0 unspecified atom stereocenters. The van der Waals surface area contributed by atoms with Crippen LogP contribution in [0.2, 0.25) is 5.02 Å². The average molecular weight is 264 g/mol. The predicted molar refractivity (Wildman–Crippen MR) is 73.4 cm³/mol. The van der Waals surface area contributed by atoms with Crippen molar-refractivity contribution in [2.75, 3.05) is 11.9 Å². The van der Waals surface area contributed by atoms with Gasteiger partial charge in [0, 0.05) is 11.6 Å². The third-order valence-corrected chi connectivity index (χ3v) is 3.00. The summed E-state index contributed by atoms with van der Waals surface area (Å²) in [7, 11) is 0. The molecule has 2 rings (SSSR count). The number of carboxylic acid groups (broad SMARTS) is 1. The van der Waals surface area contributed by atoms with Crippen molar-refractivity contribution in [1.82, 2.24) is 0 Å². The molecule has 3 nitrogen and oxygen atoms in total. The molecule has 1 aromatic rings. The maximum atomic E-state index is 11.1. The van der Waals surface area contributed by atoms with E-state index in [0.29, 0.717) is 17.3 Å². The number of hydrogen-bond donors (Lipinski definition) is 2. The van der Waals surface area contributed by atoms with Gasteiger partial charge < -0.3 is 10.4 Å². The molecule has 18 heavy (non-hydrogen) atoms. The highest BCUT2D eigenvalue weighted by atomic mass is 35.5. The summed E-state index contributed by atoms with van der Waals surface area (Å²) in [6.07, 6.45) is 8.43. The largest absolute Gasteiger partial charge is 0.478 e. The number of rotatable bonds is 4. The van der Waals surface area contributed by atoms with Crippen LogP contribution >= 0.6 is 11.6 Å². The number of anilines is 1. The minimum absolute atomic E-state index is 0.236. The van der Waals surface area contributed by atoms with E-state index >= 15 is 0 Å². The minimum Gasteiger partial charge on any atom is -0.478 e. The summed E-state index contributed by atoms with van der Waals surface area (Å²) in [5.41, 5.74) is 1.95. The first-order valence-electron chi connectivity index (χ1n) is 5.79. The third kappa shape index (κ3) is 3.14. The zero-order chi connectivity index (χ0) is 13.0. The Kier molecular flexibility index (Phi) is 4.05. The van der Waals surface area contributed by atoms with Crippen LogP contribution in [-0.2, 0) is 0 Å². The van der Waals surface area contributed by atoms with Crippen molar-refractivity contribution in [3.05, 3.63) is 52.6 Å². The second kappa shape index (κ2) is 5.74. The Labute approximate surface area is 111 Å². The van der Waals surface area contributed by atoms with Crippen LogP contribution in [0.1, 0.15) is 23.2 Å². The van der Waals surface area contributed by atoms with Gasteiger partial charge in [-0.05, 0) is 36.6 Å². The number of aromatic carboxylic acids is 1. The van der Waals surface area contributed by atoms with Crippen LogP contribution in [0.4, 0.5) is 5.69 Å². The van der Waals surface area contributed by atoms with Gasteiger partial charge in [-0.1, -0.05) is 29.8 Å². The first-order chi connectivity index (χ1) is 8.66. The van der Waals surface area contributed by atoms with Gasteiger partial charge in [0.15, 0.2) is 0 Å². The first-order valence-corrected chi connectivity index (χ1v) is 6.17. The normalized spacial score (nSPS) is 14.2. The van der Waals surface area contributed by atoms with E-state index in [4.69, 9.17) is 16.7 Å².